The largest absolute Gasteiger partial charge is 0.379 e. The summed E-state index contributed by atoms with van der Waals surface area (Å²) in [6, 6.07) is 5.30. The Morgan fingerprint density at radius 3 is 2.62 bits per heavy atom. The summed E-state index contributed by atoms with van der Waals surface area (Å²) in [7, 11) is -3.52. The van der Waals surface area contributed by atoms with Gasteiger partial charge in [0.05, 0.1) is 18.1 Å². The van der Waals surface area contributed by atoms with Crippen LogP contribution >= 0.6 is 0 Å². The summed E-state index contributed by atoms with van der Waals surface area (Å²) in [5, 5.41) is 0. The molecule has 0 N–H and O–H groups in total. The van der Waals surface area contributed by atoms with Crippen LogP contribution in [-0.2, 0) is 37.3 Å². The van der Waals surface area contributed by atoms with E-state index >= 15 is 0 Å². The van der Waals surface area contributed by atoms with E-state index in [9.17, 15) is 13.2 Å². The van der Waals surface area contributed by atoms with Gasteiger partial charge in [0.1, 0.15) is 6.10 Å². The molecule has 8 heteroatoms. The summed E-state index contributed by atoms with van der Waals surface area (Å²) in [4.78, 5) is 14.7. The van der Waals surface area contributed by atoms with Gasteiger partial charge in [-0.25, -0.2) is 8.42 Å². The number of fused-ring (bicyclic) bond motifs is 1. The number of hydrogen-bond acceptors (Lipinski definition) is 5. The topological polar surface area (TPSA) is 76.2 Å². The standard InChI is InChI=1S/C18H24N2O5S/c21-18(17-2-1-9-25-17)19-6-5-14-3-4-16(12-15(14)13-19)26(22,23)20-7-10-24-11-8-20/h3-4,12,17H,1-2,5-11,13H2/t17-/m0/s1. The van der Waals surface area contributed by atoms with Gasteiger partial charge in [-0.2, -0.15) is 4.31 Å². The van der Waals surface area contributed by atoms with Gasteiger partial charge in [0.25, 0.3) is 5.91 Å². The van der Waals surface area contributed by atoms with Crippen molar-refractivity contribution in [2.45, 2.75) is 36.8 Å². The molecule has 0 spiro atoms. The molecule has 0 bridgehead atoms. The zero-order chi connectivity index (χ0) is 18.1. The van der Waals surface area contributed by atoms with Crippen molar-refractivity contribution >= 4 is 15.9 Å². The lowest BCUT2D eigenvalue weighted by molar-refractivity contribution is -0.141. The van der Waals surface area contributed by atoms with Crippen LogP contribution in [0, 0.1) is 0 Å². The molecule has 0 unspecified atom stereocenters. The Morgan fingerprint density at radius 1 is 1.08 bits per heavy atom. The van der Waals surface area contributed by atoms with Gasteiger partial charge in [0, 0.05) is 32.8 Å². The first kappa shape index (κ1) is 17.9. The fraction of sp³-hybridized carbons (Fsp3) is 0.611. The molecule has 0 radical (unpaired) electrons. The van der Waals surface area contributed by atoms with Gasteiger partial charge in [0.15, 0.2) is 0 Å². The van der Waals surface area contributed by atoms with Crippen molar-refractivity contribution in [2.75, 3.05) is 39.5 Å². The smallest absolute Gasteiger partial charge is 0.252 e. The number of rotatable bonds is 3. The predicted octanol–water partition coefficient (Wildman–Crippen LogP) is 0.771. The normalized spacial score (nSPS) is 24.5. The first-order valence-electron chi connectivity index (χ1n) is 9.16. The Kier molecular flexibility index (Phi) is 5.00. The molecule has 3 aliphatic heterocycles. The average Bonchev–Trinajstić information content (AvgIpc) is 3.22. The number of nitrogens with zero attached hydrogens (tertiary/aromatic N) is 2. The molecule has 142 valence electrons. The summed E-state index contributed by atoms with van der Waals surface area (Å²) in [6.45, 7) is 3.35. The molecule has 26 heavy (non-hydrogen) atoms. The third kappa shape index (κ3) is 3.38. The maximum absolute atomic E-state index is 12.9. The van der Waals surface area contributed by atoms with Crippen molar-refractivity contribution in [3.05, 3.63) is 29.3 Å². The van der Waals surface area contributed by atoms with Crippen LogP contribution in [0.15, 0.2) is 23.1 Å². The fourth-order valence-electron chi connectivity index (χ4n) is 3.79. The second-order valence-electron chi connectivity index (χ2n) is 6.96. The molecule has 0 saturated carbocycles. The third-order valence-electron chi connectivity index (χ3n) is 5.31. The van der Waals surface area contributed by atoms with Crippen LogP contribution in [0.1, 0.15) is 24.0 Å². The van der Waals surface area contributed by atoms with E-state index in [-0.39, 0.29) is 12.0 Å². The summed E-state index contributed by atoms with van der Waals surface area (Å²) >= 11 is 0. The second kappa shape index (κ2) is 7.26. The maximum Gasteiger partial charge on any atom is 0.252 e. The molecule has 1 aromatic rings. The molecular formula is C18H24N2O5S. The lowest BCUT2D eigenvalue weighted by atomic mass is 9.99. The van der Waals surface area contributed by atoms with Crippen LogP contribution in [0.5, 0.6) is 0 Å². The molecule has 7 nitrogen and oxygen atoms in total. The molecule has 1 atom stereocenters. The van der Waals surface area contributed by atoms with E-state index < -0.39 is 10.0 Å². The van der Waals surface area contributed by atoms with E-state index in [1.807, 2.05) is 6.07 Å². The van der Waals surface area contributed by atoms with Crippen LogP contribution in [-0.4, -0.2) is 69.1 Å². The van der Waals surface area contributed by atoms with Gasteiger partial charge < -0.3 is 14.4 Å². The second-order valence-corrected chi connectivity index (χ2v) is 8.90. The Bertz CT molecular complexity index is 783. The van der Waals surface area contributed by atoms with Crippen molar-refractivity contribution in [2.24, 2.45) is 0 Å². The maximum atomic E-state index is 12.9. The van der Waals surface area contributed by atoms with E-state index in [0.29, 0.717) is 50.9 Å². The first-order valence-corrected chi connectivity index (χ1v) is 10.6. The lowest BCUT2D eigenvalue weighted by Gasteiger charge is -2.31. The molecule has 0 aliphatic carbocycles. The molecule has 1 aromatic carbocycles. The Morgan fingerprint density at radius 2 is 1.88 bits per heavy atom. The monoisotopic (exact) mass is 380 g/mol. The molecule has 3 aliphatic rings. The minimum Gasteiger partial charge on any atom is -0.379 e. The number of carbonyl (C=O) groups is 1. The van der Waals surface area contributed by atoms with E-state index in [2.05, 4.69) is 0 Å². The highest BCUT2D eigenvalue weighted by Crippen LogP contribution is 2.26. The minimum absolute atomic E-state index is 0.0228. The number of benzene rings is 1. The van der Waals surface area contributed by atoms with Crippen LogP contribution in [0.2, 0.25) is 0 Å². The summed E-state index contributed by atoms with van der Waals surface area (Å²) in [5.41, 5.74) is 2.03. The Hall–Kier alpha value is -1.48. The highest BCUT2D eigenvalue weighted by atomic mass is 32.2. The number of hydrogen-bond donors (Lipinski definition) is 0. The summed E-state index contributed by atoms with van der Waals surface area (Å²) in [6.07, 6.45) is 2.10. The van der Waals surface area contributed by atoms with Gasteiger partial charge in [-0.3, -0.25) is 4.79 Å². The number of sulfonamides is 1. The lowest BCUT2D eigenvalue weighted by Crippen LogP contribution is -2.42. The number of amides is 1. The highest BCUT2D eigenvalue weighted by Gasteiger charge is 2.32. The first-order chi connectivity index (χ1) is 12.6. The molecule has 4 rings (SSSR count). The molecule has 2 fully saturated rings. The third-order valence-corrected chi connectivity index (χ3v) is 7.21. The Balaban J connectivity index is 1.54. The van der Waals surface area contributed by atoms with Crippen molar-refractivity contribution < 1.29 is 22.7 Å². The fourth-order valence-corrected chi connectivity index (χ4v) is 5.25. The molecule has 0 aromatic heterocycles. The summed E-state index contributed by atoms with van der Waals surface area (Å²) < 4.78 is 38.0. The average molecular weight is 380 g/mol. The molecule has 1 amide bonds. The van der Waals surface area contributed by atoms with Crippen LogP contribution < -0.4 is 0 Å². The predicted molar refractivity (Wildman–Crippen MR) is 94.1 cm³/mol. The van der Waals surface area contributed by atoms with Crippen LogP contribution in [0.3, 0.4) is 0 Å². The number of morpholine rings is 1. The van der Waals surface area contributed by atoms with Crippen molar-refractivity contribution in [3.8, 4) is 0 Å². The van der Waals surface area contributed by atoms with Gasteiger partial charge in [-0.1, -0.05) is 6.07 Å². The Labute approximate surface area is 153 Å². The minimum atomic E-state index is -3.52. The number of carbonyl (C=O) groups excluding carboxylic acids is 1. The van der Waals surface area contributed by atoms with Crippen molar-refractivity contribution in [1.82, 2.24) is 9.21 Å². The van der Waals surface area contributed by atoms with Crippen molar-refractivity contribution in [3.63, 3.8) is 0 Å². The van der Waals surface area contributed by atoms with Crippen LogP contribution in [0.25, 0.3) is 0 Å². The van der Waals surface area contributed by atoms with Crippen molar-refractivity contribution in [1.29, 1.82) is 0 Å². The zero-order valence-electron chi connectivity index (χ0n) is 14.7. The molecule has 2 saturated heterocycles. The van der Waals surface area contributed by atoms with E-state index in [1.54, 1.807) is 17.0 Å². The van der Waals surface area contributed by atoms with E-state index in [4.69, 9.17) is 9.47 Å². The summed E-state index contributed by atoms with van der Waals surface area (Å²) in [5.74, 6) is 0.0228. The van der Waals surface area contributed by atoms with E-state index in [0.717, 1.165) is 30.4 Å². The van der Waals surface area contributed by atoms with Gasteiger partial charge in [0.2, 0.25) is 10.0 Å². The van der Waals surface area contributed by atoms with E-state index in [1.165, 1.54) is 4.31 Å². The zero-order valence-corrected chi connectivity index (χ0v) is 15.5. The SMILES string of the molecule is O=C([C@@H]1CCCO1)N1CCc2ccc(S(=O)(=O)N3CCOCC3)cc2C1. The van der Waals surface area contributed by atoms with Crippen LogP contribution in [0.4, 0.5) is 0 Å². The molecule has 3 heterocycles. The molecular weight excluding hydrogens is 356 g/mol. The van der Waals surface area contributed by atoms with Gasteiger partial charge in [-0.15, -0.1) is 0 Å². The van der Waals surface area contributed by atoms with Gasteiger partial charge >= 0.3 is 0 Å². The highest BCUT2D eigenvalue weighted by molar-refractivity contribution is 7.89. The van der Waals surface area contributed by atoms with Gasteiger partial charge in [-0.05, 0) is 42.5 Å². The number of ether oxygens (including phenoxy) is 2. The quantitative estimate of drug-likeness (QED) is 0.774.